The number of hydrogen-bond acceptors (Lipinski definition) is 1. The van der Waals surface area contributed by atoms with Crippen molar-refractivity contribution in [2.24, 2.45) is 0 Å². The number of halogens is 1. The van der Waals surface area contributed by atoms with E-state index in [-0.39, 0.29) is 11.9 Å². The summed E-state index contributed by atoms with van der Waals surface area (Å²) >= 11 is 0. The first-order valence-electron chi connectivity index (χ1n) is 6.33. The van der Waals surface area contributed by atoms with Crippen LogP contribution in [0.15, 0.2) is 42.5 Å². The molecule has 1 N–H and O–H groups in total. The number of fused-ring (bicyclic) bond motifs is 1. The highest BCUT2D eigenvalue weighted by atomic mass is 19.1. The Morgan fingerprint density at radius 1 is 1.17 bits per heavy atom. The molecule has 2 aromatic rings. The summed E-state index contributed by atoms with van der Waals surface area (Å²) in [7, 11) is 0. The van der Waals surface area contributed by atoms with Crippen molar-refractivity contribution in [3.05, 3.63) is 70.5 Å². The van der Waals surface area contributed by atoms with Crippen LogP contribution in [0.2, 0.25) is 0 Å². The van der Waals surface area contributed by atoms with Crippen LogP contribution in [0.1, 0.15) is 28.3 Å². The average Bonchev–Trinajstić information content (AvgIpc) is 2.39. The van der Waals surface area contributed by atoms with Gasteiger partial charge in [0.1, 0.15) is 5.82 Å². The van der Waals surface area contributed by atoms with Crippen LogP contribution in [0, 0.1) is 12.7 Å². The Balaban J connectivity index is 2.09. The van der Waals surface area contributed by atoms with Crippen molar-refractivity contribution in [2.75, 3.05) is 6.54 Å². The molecular formula is C16H16FN. The highest BCUT2D eigenvalue weighted by molar-refractivity contribution is 5.43. The van der Waals surface area contributed by atoms with Gasteiger partial charge in [-0.2, -0.15) is 0 Å². The monoisotopic (exact) mass is 241 g/mol. The predicted octanol–water partition coefficient (Wildman–Crippen LogP) is 3.37. The van der Waals surface area contributed by atoms with Gasteiger partial charge in [0, 0.05) is 6.54 Å². The van der Waals surface area contributed by atoms with Gasteiger partial charge in [-0.1, -0.05) is 30.3 Å². The lowest BCUT2D eigenvalue weighted by Gasteiger charge is -2.28. The molecule has 0 bridgehead atoms. The third-order valence-corrected chi connectivity index (χ3v) is 3.66. The van der Waals surface area contributed by atoms with Crippen molar-refractivity contribution in [1.82, 2.24) is 5.32 Å². The molecule has 0 fully saturated rings. The summed E-state index contributed by atoms with van der Waals surface area (Å²) in [5.41, 5.74) is 5.02. The van der Waals surface area contributed by atoms with Gasteiger partial charge in [0.15, 0.2) is 0 Å². The minimum atomic E-state index is -0.172. The largest absolute Gasteiger partial charge is 0.306 e. The van der Waals surface area contributed by atoms with Crippen LogP contribution in [-0.2, 0) is 6.42 Å². The van der Waals surface area contributed by atoms with Crippen LogP contribution in [0.3, 0.4) is 0 Å². The van der Waals surface area contributed by atoms with Crippen molar-refractivity contribution in [2.45, 2.75) is 19.4 Å². The van der Waals surface area contributed by atoms with E-state index in [2.05, 4.69) is 30.4 Å². The zero-order valence-electron chi connectivity index (χ0n) is 10.4. The molecule has 1 atom stereocenters. The fourth-order valence-corrected chi connectivity index (χ4v) is 2.77. The van der Waals surface area contributed by atoms with E-state index in [1.807, 2.05) is 6.07 Å². The molecule has 1 aliphatic heterocycles. The summed E-state index contributed by atoms with van der Waals surface area (Å²) in [6.07, 6.45) is 1.05. The summed E-state index contributed by atoms with van der Waals surface area (Å²) in [6.45, 7) is 3.09. The normalized spacial score (nSPS) is 18.4. The second-order valence-corrected chi connectivity index (χ2v) is 4.83. The minimum absolute atomic E-state index is 0.115. The zero-order chi connectivity index (χ0) is 12.5. The maximum Gasteiger partial charge on any atom is 0.123 e. The van der Waals surface area contributed by atoms with E-state index in [0.717, 1.165) is 18.5 Å². The van der Waals surface area contributed by atoms with Crippen LogP contribution in [0.25, 0.3) is 0 Å². The van der Waals surface area contributed by atoms with Crippen LogP contribution >= 0.6 is 0 Å². The lowest BCUT2D eigenvalue weighted by molar-refractivity contribution is 0.559. The van der Waals surface area contributed by atoms with Gasteiger partial charge in [0.2, 0.25) is 0 Å². The lowest BCUT2D eigenvalue weighted by Crippen LogP contribution is -2.31. The van der Waals surface area contributed by atoms with E-state index in [1.54, 1.807) is 12.1 Å². The quantitative estimate of drug-likeness (QED) is 0.807. The number of benzene rings is 2. The summed E-state index contributed by atoms with van der Waals surface area (Å²) in [5.74, 6) is -0.172. The molecule has 0 spiro atoms. The van der Waals surface area contributed by atoms with Gasteiger partial charge < -0.3 is 5.32 Å². The third kappa shape index (κ3) is 1.93. The van der Waals surface area contributed by atoms with Crippen LogP contribution in [-0.4, -0.2) is 6.54 Å². The number of rotatable bonds is 1. The Morgan fingerprint density at radius 3 is 2.83 bits per heavy atom. The van der Waals surface area contributed by atoms with Crippen molar-refractivity contribution >= 4 is 0 Å². The molecule has 1 aliphatic rings. The molecular weight excluding hydrogens is 225 g/mol. The SMILES string of the molecule is Cc1cccc2c1CCNC2c1cccc(F)c1. The fraction of sp³-hybridized carbons (Fsp3) is 0.250. The van der Waals surface area contributed by atoms with Crippen LogP contribution < -0.4 is 5.32 Å². The molecule has 92 valence electrons. The molecule has 0 radical (unpaired) electrons. The third-order valence-electron chi connectivity index (χ3n) is 3.66. The molecule has 0 saturated heterocycles. The van der Waals surface area contributed by atoms with E-state index in [9.17, 15) is 4.39 Å². The van der Waals surface area contributed by atoms with Crippen LogP contribution in [0.4, 0.5) is 4.39 Å². The highest BCUT2D eigenvalue weighted by Crippen LogP contribution is 2.30. The molecule has 0 amide bonds. The van der Waals surface area contributed by atoms with Gasteiger partial charge in [0.05, 0.1) is 6.04 Å². The molecule has 2 heteroatoms. The number of aryl methyl sites for hydroxylation is 1. The molecule has 1 unspecified atom stereocenters. The molecule has 2 aromatic carbocycles. The van der Waals surface area contributed by atoms with Gasteiger partial charge in [-0.25, -0.2) is 4.39 Å². The summed E-state index contributed by atoms with van der Waals surface area (Å²) in [5, 5.41) is 3.48. The molecule has 0 aromatic heterocycles. The second kappa shape index (κ2) is 4.54. The summed E-state index contributed by atoms with van der Waals surface area (Å²) in [6, 6.07) is 13.3. The van der Waals surface area contributed by atoms with Gasteiger partial charge in [-0.3, -0.25) is 0 Å². The van der Waals surface area contributed by atoms with E-state index >= 15 is 0 Å². The van der Waals surface area contributed by atoms with Gasteiger partial charge >= 0.3 is 0 Å². The number of hydrogen-bond donors (Lipinski definition) is 1. The first-order valence-corrected chi connectivity index (χ1v) is 6.33. The van der Waals surface area contributed by atoms with Gasteiger partial charge in [-0.15, -0.1) is 0 Å². The fourth-order valence-electron chi connectivity index (χ4n) is 2.77. The smallest absolute Gasteiger partial charge is 0.123 e. The van der Waals surface area contributed by atoms with E-state index < -0.39 is 0 Å². The maximum atomic E-state index is 13.3. The molecule has 1 heterocycles. The Hall–Kier alpha value is -1.67. The Labute approximate surface area is 107 Å². The molecule has 18 heavy (non-hydrogen) atoms. The van der Waals surface area contributed by atoms with Crippen molar-refractivity contribution in [3.8, 4) is 0 Å². The summed E-state index contributed by atoms with van der Waals surface area (Å²) in [4.78, 5) is 0. The second-order valence-electron chi connectivity index (χ2n) is 4.83. The van der Waals surface area contributed by atoms with Crippen LogP contribution in [0.5, 0.6) is 0 Å². The highest BCUT2D eigenvalue weighted by Gasteiger charge is 2.22. The van der Waals surface area contributed by atoms with Gasteiger partial charge in [-0.05, 0) is 47.7 Å². The van der Waals surface area contributed by atoms with Crippen molar-refractivity contribution < 1.29 is 4.39 Å². The van der Waals surface area contributed by atoms with E-state index in [0.29, 0.717) is 0 Å². The first-order chi connectivity index (χ1) is 8.75. The number of nitrogens with one attached hydrogen (secondary N) is 1. The Bertz CT molecular complexity index is 577. The summed E-state index contributed by atoms with van der Waals surface area (Å²) < 4.78 is 13.3. The molecule has 3 rings (SSSR count). The Morgan fingerprint density at radius 2 is 2.00 bits per heavy atom. The molecule has 1 nitrogen and oxygen atoms in total. The van der Waals surface area contributed by atoms with Crippen molar-refractivity contribution in [3.63, 3.8) is 0 Å². The standard InChI is InChI=1S/C16H16FN/c1-11-4-2-7-15-14(11)8-9-18-16(15)12-5-3-6-13(17)10-12/h2-7,10,16,18H,8-9H2,1H3. The lowest BCUT2D eigenvalue weighted by atomic mass is 9.87. The topological polar surface area (TPSA) is 12.0 Å². The maximum absolute atomic E-state index is 13.3. The average molecular weight is 241 g/mol. The van der Waals surface area contributed by atoms with Gasteiger partial charge in [0.25, 0.3) is 0 Å². The minimum Gasteiger partial charge on any atom is -0.306 e. The Kier molecular flexibility index (Phi) is 2.88. The van der Waals surface area contributed by atoms with E-state index in [4.69, 9.17) is 0 Å². The molecule has 0 saturated carbocycles. The predicted molar refractivity (Wildman–Crippen MR) is 71.1 cm³/mol. The molecule has 0 aliphatic carbocycles. The first kappa shape index (κ1) is 11.4. The van der Waals surface area contributed by atoms with E-state index in [1.165, 1.54) is 22.8 Å². The zero-order valence-corrected chi connectivity index (χ0v) is 10.4. The van der Waals surface area contributed by atoms with Crippen molar-refractivity contribution in [1.29, 1.82) is 0 Å².